The van der Waals surface area contributed by atoms with E-state index in [1.807, 2.05) is 13.2 Å². The molecule has 1 heterocycles. The third-order valence-electron chi connectivity index (χ3n) is 2.50. The van der Waals surface area contributed by atoms with Gasteiger partial charge in [-0.3, -0.25) is 4.68 Å². The summed E-state index contributed by atoms with van der Waals surface area (Å²) in [5, 5.41) is 6.97. The van der Waals surface area contributed by atoms with Gasteiger partial charge in [0.25, 0.3) is 0 Å². The second-order valence-electron chi connectivity index (χ2n) is 3.95. The lowest BCUT2D eigenvalue weighted by Gasteiger charge is -2.07. The Morgan fingerprint density at radius 1 is 1.33 bits per heavy atom. The summed E-state index contributed by atoms with van der Waals surface area (Å²) in [7, 11) is 1.84. The molecule has 2 rings (SSSR count). The fraction of sp³-hybridized carbons (Fsp3) is 0.250. The first-order chi connectivity index (χ1) is 8.56. The average molecular weight is 316 g/mol. The number of anilines is 1. The molecule has 1 aromatic carbocycles. The topological polar surface area (TPSA) is 29.9 Å². The van der Waals surface area contributed by atoms with Crippen LogP contribution in [0.15, 0.2) is 29.0 Å². The van der Waals surface area contributed by atoms with E-state index in [2.05, 4.69) is 26.3 Å². The molecule has 1 N–H and O–H groups in total. The summed E-state index contributed by atoms with van der Waals surface area (Å²) in [5.74, 6) is -1.20. The van der Waals surface area contributed by atoms with Gasteiger partial charge in [-0.05, 0) is 34.0 Å². The first-order valence-electron chi connectivity index (χ1n) is 5.42. The molecule has 0 atom stereocenters. The van der Waals surface area contributed by atoms with Gasteiger partial charge in [-0.2, -0.15) is 5.10 Å². The van der Waals surface area contributed by atoms with Gasteiger partial charge in [-0.25, -0.2) is 8.78 Å². The van der Waals surface area contributed by atoms with Gasteiger partial charge in [-0.15, -0.1) is 0 Å². The smallest absolute Gasteiger partial charge is 0.149 e. The van der Waals surface area contributed by atoms with Crippen molar-refractivity contribution in [2.24, 2.45) is 7.05 Å². The Balaban J connectivity index is 1.96. The van der Waals surface area contributed by atoms with Crippen molar-refractivity contribution in [2.75, 3.05) is 11.9 Å². The normalized spacial score (nSPS) is 10.7. The largest absolute Gasteiger partial charge is 0.382 e. The molecule has 0 spiro atoms. The minimum Gasteiger partial charge on any atom is -0.382 e. The number of aromatic nitrogens is 2. The fourth-order valence-corrected chi connectivity index (χ4v) is 1.94. The summed E-state index contributed by atoms with van der Waals surface area (Å²) >= 11 is 3.03. The molecule has 0 bridgehead atoms. The van der Waals surface area contributed by atoms with Crippen LogP contribution in [0.3, 0.4) is 0 Å². The highest BCUT2D eigenvalue weighted by Crippen LogP contribution is 2.23. The molecular weight excluding hydrogens is 304 g/mol. The van der Waals surface area contributed by atoms with Gasteiger partial charge in [-0.1, -0.05) is 0 Å². The molecule has 2 aromatic rings. The van der Waals surface area contributed by atoms with Gasteiger partial charge < -0.3 is 5.32 Å². The van der Waals surface area contributed by atoms with Crippen LogP contribution in [0.4, 0.5) is 14.5 Å². The van der Waals surface area contributed by atoms with Gasteiger partial charge in [0.2, 0.25) is 0 Å². The predicted octanol–water partition coefficient (Wildman–Crippen LogP) is 3.12. The summed E-state index contributed by atoms with van der Waals surface area (Å²) in [6.07, 6.45) is 4.39. The molecule has 0 aliphatic rings. The number of rotatable bonds is 4. The summed E-state index contributed by atoms with van der Waals surface area (Å²) in [5.41, 5.74) is 1.35. The van der Waals surface area contributed by atoms with Crippen LogP contribution in [-0.2, 0) is 13.5 Å². The molecule has 0 saturated carbocycles. The summed E-state index contributed by atoms with van der Waals surface area (Å²) < 4.78 is 28.4. The van der Waals surface area contributed by atoms with Crippen LogP contribution in [0.25, 0.3) is 0 Å². The first-order valence-corrected chi connectivity index (χ1v) is 6.21. The van der Waals surface area contributed by atoms with Crippen LogP contribution in [0.5, 0.6) is 0 Å². The standard InChI is InChI=1S/C12H12BrF2N3/c1-18-7-8(6-17-18)2-3-16-12-4-9(13)10(14)5-11(12)15/h4-7,16H,2-3H2,1H3. The minimum atomic E-state index is -0.606. The molecule has 0 amide bonds. The number of hydrogen-bond acceptors (Lipinski definition) is 2. The second kappa shape index (κ2) is 5.48. The van der Waals surface area contributed by atoms with Crippen LogP contribution in [0.1, 0.15) is 5.56 Å². The number of nitrogens with zero attached hydrogens (tertiary/aromatic N) is 2. The van der Waals surface area contributed by atoms with Gasteiger partial charge in [0.15, 0.2) is 0 Å². The molecule has 0 fully saturated rings. The molecule has 0 aliphatic heterocycles. The summed E-state index contributed by atoms with van der Waals surface area (Å²) in [4.78, 5) is 0. The molecule has 0 saturated heterocycles. The number of aryl methyl sites for hydroxylation is 1. The number of benzene rings is 1. The molecule has 1 aromatic heterocycles. The Kier molecular flexibility index (Phi) is 3.96. The highest BCUT2D eigenvalue weighted by atomic mass is 79.9. The summed E-state index contributed by atoms with van der Waals surface area (Å²) in [6, 6.07) is 2.25. The van der Waals surface area contributed by atoms with E-state index in [0.29, 0.717) is 6.54 Å². The molecule has 0 aliphatic carbocycles. The molecule has 0 unspecified atom stereocenters. The molecule has 3 nitrogen and oxygen atoms in total. The fourth-order valence-electron chi connectivity index (χ4n) is 1.60. The van der Waals surface area contributed by atoms with Crippen molar-refractivity contribution in [1.82, 2.24) is 9.78 Å². The molecule has 96 valence electrons. The van der Waals surface area contributed by atoms with Gasteiger partial charge in [0, 0.05) is 25.9 Å². The maximum absolute atomic E-state index is 13.4. The maximum atomic E-state index is 13.4. The Labute approximate surface area is 112 Å². The van der Waals surface area contributed by atoms with E-state index in [1.165, 1.54) is 6.07 Å². The second-order valence-corrected chi connectivity index (χ2v) is 4.80. The lowest BCUT2D eigenvalue weighted by atomic mass is 10.2. The third kappa shape index (κ3) is 3.07. The highest BCUT2D eigenvalue weighted by Gasteiger charge is 2.07. The van der Waals surface area contributed by atoms with Crippen LogP contribution >= 0.6 is 15.9 Å². The number of halogens is 3. The van der Waals surface area contributed by atoms with Crippen LogP contribution < -0.4 is 5.32 Å². The van der Waals surface area contributed by atoms with Crippen molar-refractivity contribution in [3.05, 3.63) is 46.2 Å². The SMILES string of the molecule is Cn1cc(CCNc2cc(Br)c(F)cc2F)cn1. The average Bonchev–Trinajstić information content (AvgIpc) is 2.71. The van der Waals surface area contributed by atoms with Gasteiger partial charge in [0.1, 0.15) is 11.6 Å². The Morgan fingerprint density at radius 3 is 2.78 bits per heavy atom. The van der Waals surface area contributed by atoms with E-state index in [1.54, 1.807) is 10.9 Å². The zero-order valence-corrected chi connectivity index (χ0v) is 11.3. The van der Waals surface area contributed by atoms with E-state index in [9.17, 15) is 8.78 Å². The van der Waals surface area contributed by atoms with E-state index in [0.717, 1.165) is 18.1 Å². The van der Waals surface area contributed by atoms with Crippen LogP contribution in [0.2, 0.25) is 0 Å². The van der Waals surface area contributed by atoms with Gasteiger partial charge >= 0.3 is 0 Å². The van der Waals surface area contributed by atoms with Crippen molar-refractivity contribution >= 4 is 21.6 Å². The Morgan fingerprint density at radius 2 is 2.11 bits per heavy atom. The van der Waals surface area contributed by atoms with Crippen molar-refractivity contribution in [3.8, 4) is 0 Å². The van der Waals surface area contributed by atoms with E-state index >= 15 is 0 Å². The Bertz CT molecular complexity index is 554. The molecular formula is C12H12BrF2N3. The first kappa shape index (κ1) is 13.0. The lowest BCUT2D eigenvalue weighted by Crippen LogP contribution is -2.06. The van der Waals surface area contributed by atoms with E-state index < -0.39 is 11.6 Å². The van der Waals surface area contributed by atoms with Crippen LogP contribution in [-0.4, -0.2) is 16.3 Å². The Hall–Kier alpha value is -1.43. The number of hydrogen-bond donors (Lipinski definition) is 1. The van der Waals surface area contributed by atoms with Crippen molar-refractivity contribution in [1.29, 1.82) is 0 Å². The quantitative estimate of drug-likeness (QED) is 0.879. The molecule has 0 radical (unpaired) electrons. The van der Waals surface area contributed by atoms with Crippen LogP contribution in [0, 0.1) is 11.6 Å². The summed E-state index contributed by atoms with van der Waals surface area (Å²) in [6.45, 7) is 0.556. The maximum Gasteiger partial charge on any atom is 0.149 e. The molecule has 6 heteroatoms. The number of nitrogens with one attached hydrogen (secondary N) is 1. The predicted molar refractivity (Wildman–Crippen MR) is 69.5 cm³/mol. The van der Waals surface area contributed by atoms with E-state index in [-0.39, 0.29) is 10.2 Å². The third-order valence-corrected chi connectivity index (χ3v) is 3.11. The van der Waals surface area contributed by atoms with Crippen molar-refractivity contribution < 1.29 is 8.78 Å². The molecule has 18 heavy (non-hydrogen) atoms. The minimum absolute atomic E-state index is 0.243. The van der Waals surface area contributed by atoms with Gasteiger partial charge in [0.05, 0.1) is 16.4 Å². The van der Waals surface area contributed by atoms with E-state index in [4.69, 9.17) is 0 Å². The monoisotopic (exact) mass is 315 g/mol. The van der Waals surface area contributed by atoms with Crippen molar-refractivity contribution in [2.45, 2.75) is 6.42 Å². The lowest BCUT2D eigenvalue weighted by molar-refractivity contribution is 0.580. The highest BCUT2D eigenvalue weighted by molar-refractivity contribution is 9.10. The van der Waals surface area contributed by atoms with Crippen molar-refractivity contribution in [3.63, 3.8) is 0 Å². The zero-order chi connectivity index (χ0) is 13.1. The zero-order valence-electron chi connectivity index (χ0n) is 9.75.